The smallest absolute Gasteiger partial charge is 0.351 e. The van der Waals surface area contributed by atoms with Gasteiger partial charge in [0.25, 0.3) is 4.96 Å². The van der Waals surface area contributed by atoms with E-state index >= 15 is 0 Å². The lowest BCUT2D eigenvalue weighted by Gasteiger charge is -2.04. The highest BCUT2D eigenvalue weighted by Crippen LogP contribution is 2.38. The van der Waals surface area contributed by atoms with Crippen LogP contribution in [0.15, 0.2) is 11.6 Å². The first-order valence-corrected chi connectivity index (χ1v) is 6.71. The van der Waals surface area contributed by atoms with Crippen molar-refractivity contribution >= 4 is 33.7 Å². The fourth-order valence-corrected chi connectivity index (χ4v) is 3.08. The van der Waals surface area contributed by atoms with Gasteiger partial charge in [0, 0.05) is 17.2 Å². The first-order chi connectivity index (χ1) is 8.16. The van der Waals surface area contributed by atoms with Crippen molar-refractivity contribution < 1.29 is 4.92 Å². The van der Waals surface area contributed by atoms with Crippen LogP contribution in [0.25, 0.3) is 4.96 Å². The van der Waals surface area contributed by atoms with Crippen LogP contribution in [-0.2, 0) is 6.42 Å². The number of aromatic nitrogens is 2. The number of thiazole rings is 1. The van der Waals surface area contributed by atoms with E-state index in [1.54, 1.807) is 11.6 Å². The van der Waals surface area contributed by atoms with E-state index < -0.39 is 0 Å². The molecule has 1 atom stereocenters. The lowest BCUT2D eigenvalue weighted by Crippen LogP contribution is -2.08. The summed E-state index contributed by atoms with van der Waals surface area (Å²) in [7, 11) is 0. The molecule has 3 rings (SSSR count). The van der Waals surface area contributed by atoms with Crippen LogP contribution in [0.1, 0.15) is 18.5 Å². The van der Waals surface area contributed by atoms with E-state index in [2.05, 4.69) is 4.98 Å². The number of nitro groups is 1. The molecule has 0 amide bonds. The fraction of sp³-hybridized carbons (Fsp3) is 0.500. The van der Waals surface area contributed by atoms with Gasteiger partial charge in [-0.3, -0.25) is 0 Å². The zero-order valence-corrected chi connectivity index (χ0v) is 10.4. The molecule has 1 saturated carbocycles. The Bertz CT molecular complexity index is 575. The van der Waals surface area contributed by atoms with Crippen LogP contribution in [0.5, 0.6) is 0 Å². The Kier molecular flexibility index (Phi) is 2.56. The number of nitrogens with zero attached hydrogens (tertiary/aromatic N) is 3. The van der Waals surface area contributed by atoms with Crippen molar-refractivity contribution in [2.45, 2.75) is 24.6 Å². The topological polar surface area (TPSA) is 60.4 Å². The Labute approximate surface area is 106 Å². The van der Waals surface area contributed by atoms with Crippen molar-refractivity contribution in [1.82, 2.24) is 9.38 Å². The van der Waals surface area contributed by atoms with E-state index in [1.165, 1.54) is 15.7 Å². The second kappa shape index (κ2) is 3.96. The highest BCUT2D eigenvalue weighted by atomic mass is 35.5. The maximum atomic E-state index is 11.1. The van der Waals surface area contributed by atoms with Crippen molar-refractivity contribution in [2.24, 2.45) is 5.92 Å². The molecule has 2 aromatic heterocycles. The molecule has 7 heteroatoms. The van der Waals surface area contributed by atoms with Gasteiger partial charge in [-0.2, -0.15) is 9.38 Å². The Morgan fingerprint density at radius 3 is 3.12 bits per heavy atom. The number of imidazole rings is 1. The molecule has 1 aliphatic rings. The standard InChI is InChI=1S/C10H10ClN3O2S/c11-7(6-1-2-6)5-8-9(14(15)16)13-3-4-17-10(13)12-8/h3-4,6-7H,1-2,5H2. The minimum absolute atomic E-state index is 0.0293. The van der Waals surface area contributed by atoms with E-state index in [1.807, 2.05) is 0 Å². The molecule has 5 nitrogen and oxygen atoms in total. The Balaban J connectivity index is 1.98. The molecule has 2 aromatic rings. The summed E-state index contributed by atoms with van der Waals surface area (Å²) in [6.07, 6.45) is 4.42. The highest BCUT2D eigenvalue weighted by molar-refractivity contribution is 7.15. The van der Waals surface area contributed by atoms with Gasteiger partial charge in [0.2, 0.25) is 0 Å². The molecule has 1 fully saturated rings. The molecule has 0 aliphatic heterocycles. The molecule has 0 aromatic carbocycles. The van der Waals surface area contributed by atoms with E-state index in [4.69, 9.17) is 11.6 Å². The van der Waals surface area contributed by atoms with Gasteiger partial charge in [0.05, 0.1) is 0 Å². The number of hydrogen-bond donors (Lipinski definition) is 0. The maximum Gasteiger partial charge on any atom is 0.351 e. The van der Waals surface area contributed by atoms with Crippen LogP contribution in [0.2, 0.25) is 0 Å². The zero-order valence-electron chi connectivity index (χ0n) is 8.88. The Hall–Kier alpha value is -1.14. The summed E-state index contributed by atoms with van der Waals surface area (Å²) in [5, 5.41) is 12.8. The first-order valence-electron chi connectivity index (χ1n) is 5.39. The Morgan fingerprint density at radius 2 is 2.47 bits per heavy atom. The van der Waals surface area contributed by atoms with Crippen LogP contribution in [-0.4, -0.2) is 19.7 Å². The van der Waals surface area contributed by atoms with Crippen molar-refractivity contribution in [1.29, 1.82) is 0 Å². The predicted molar refractivity (Wildman–Crippen MR) is 65.8 cm³/mol. The van der Waals surface area contributed by atoms with E-state index in [9.17, 15) is 10.1 Å². The van der Waals surface area contributed by atoms with Crippen molar-refractivity contribution in [3.05, 3.63) is 27.4 Å². The van der Waals surface area contributed by atoms with Crippen molar-refractivity contribution in [3.63, 3.8) is 0 Å². The van der Waals surface area contributed by atoms with E-state index in [0.717, 1.165) is 12.8 Å². The molecule has 0 bridgehead atoms. The number of fused-ring (bicyclic) bond motifs is 1. The molecule has 17 heavy (non-hydrogen) atoms. The van der Waals surface area contributed by atoms with Gasteiger partial charge in [-0.15, -0.1) is 11.6 Å². The molecule has 0 saturated heterocycles. The lowest BCUT2D eigenvalue weighted by molar-refractivity contribution is -0.391. The zero-order chi connectivity index (χ0) is 12.0. The fourth-order valence-electron chi connectivity index (χ4n) is 1.96. The van der Waals surface area contributed by atoms with Gasteiger partial charge in [-0.1, -0.05) is 11.3 Å². The summed E-state index contributed by atoms with van der Waals surface area (Å²) in [6.45, 7) is 0. The molecule has 90 valence electrons. The van der Waals surface area contributed by atoms with Crippen molar-refractivity contribution in [3.8, 4) is 0 Å². The van der Waals surface area contributed by atoms with Crippen LogP contribution >= 0.6 is 22.9 Å². The van der Waals surface area contributed by atoms with E-state index in [0.29, 0.717) is 23.0 Å². The molecule has 0 radical (unpaired) electrons. The molecule has 2 heterocycles. The van der Waals surface area contributed by atoms with Gasteiger partial charge in [0.15, 0.2) is 0 Å². The van der Waals surface area contributed by atoms with Crippen molar-refractivity contribution in [2.75, 3.05) is 0 Å². The normalized spacial score (nSPS) is 17.5. The third kappa shape index (κ3) is 1.91. The summed E-state index contributed by atoms with van der Waals surface area (Å²) < 4.78 is 1.52. The molecule has 1 aliphatic carbocycles. The minimum atomic E-state index is -0.376. The van der Waals surface area contributed by atoms with Gasteiger partial charge in [0.1, 0.15) is 11.9 Å². The van der Waals surface area contributed by atoms with Gasteiger partial charge < -0.3 is 10.1 Å². The maximum absolute atomic E-state index is 11.1. The summed E-state index contributed by atoms with van der Waals surface area (Å²) in [6, 6.07) is 0. The SMILES string of the molecule is O=[N+]([O-])c1c(CC(Cl)C2CC2)nc2sccn12. The lowest BCUT2D eigenvalue weighted by atomic mass is 10.1. The second-order valence-electron chi connectivity index (χ2n) is 4.25. The highest BCUT2D eigenvalue weighted by Gasteiger charge is 2.33. The van der Waals surface area contributed by atoms with Crippen LogP contribution in [0.4, 0.5) is 5.82 Å². The van der Waals surface area contributed by atoms with Gasteiger partial charge >= 0.3 is 5.82 Å². The Morgan fingerprint density at radius 1 is 1.71 bits per heavy atom. The van der Waals surface area contributed by atoms with E-state index in [-0.39, 0.29) is 16.1 Å². The number of alkyl halides is 1. The summed E-state index contributed by atoms with van der Waals surface area (Å²) in [4.78, 5) is 15.6. The average molecular weight is 272 g/mol. The van der Waals surface area contributed by atoms with Crippen LogP contribution in [0.3, 0.4) is 0 Å². The van der Waals surface area contributed by atoms with Gasteiger partial charge in [-0.05, 0) is 23.7 Å². The van der Waals surface area contributed by atoms with Crippen LogP contribution in [0, 0.1) is 16.0 Å². The van der Waals surface area contributed by atoms with Gasteiger partial charge in [-0.25, -0.2) is 0 Å². The number of halogens is 1. The molecular weight excluding hydrogens is 262 g/mol. The number of rotatable bonds is 4. The summed E-state index contributed by atoms with van der Waals surface area (Å²) in [5.74, 6) is 0.573. The monoisotopic (exact) mass is 271 g/mol. The quantitative estimate of drug-likeness (QED) is 0.488. The summed E-state index contributed by atoms with van der Waals surface area (Å²) in [5.41, 5.74) is 0.508. The third-order valence-electron chi connectivity index (χ3n) is 3.00. The van der Waals surface area contributed by atoms with Crippen LogP contribution < -0.4 is 0 Å². The largest absolute Gasteiger partial charge is 0.358 e. The molecule has 0 N–H and O–H groups in total. The molecule has 1 unspecified atom stereocenters. The minimum Gasteiger partial charge on any atom is -0.358 e. The third-order valence-corrected chi connectivity index (χ3v) is 4.27. The summed E-state index contributed by atoms with van der Waals surface area (Å²) >= 11 is 7.61. The predicted octanol–water partition coefficient (Wildman–Crippen LogP) is 2.86. The average Bonchev–Trinajstić information content (AvgIpc) is 2.92. The molecule has 0 spiro atoms. The first kappa shape index (κ1) is 11.0. The molecular formula is C10H10ClN3O2S. The second-order valence-corrected chi connectivity index (χ2v) is 5.69. The number of hydrogen-bond acceptors (Lipinski definition) is 4.